The Morgan fingerprint density at radius 2 is 2.40 bits per heavy atom. The molecule has 0 spiro atoms. The van der Waals surface area contributed by atoms with Crippen molar-refractivity contribution in [2.75, 3.05) is 5.32 Å². The summed E-state index contributed by atoms with van der Waals surface area (Å²) >= 11 is 1.62. The van der Waals surface area contributed by atoms with Gasteiger partial charge in [-0.25, -0.2) is 9.97 Å². The number of aromatic amines is 1. The molecule has 0 aliphatic rings. The lowest BCUT2D eigenvalue weighted by atomic mass is 10.5. The van der Waals surface area contributed by atoms with E-state index in [2.05, 4.69) is 20.3 Å². The summed E-state index contributed by atoms with van der Waals surface area (Å²) in [5.74, 6) is 0.562. The molecule has 78 valence electrons. The van der Waals surface area contributed by atoms with Gasteiger partial charge in [0.1, 0.15) is 10.8 Å². The standard InChI is InChI=1S/C9H10N4OS/c1-6-3-11-9(15-6)4-10-7-2-8(14)13-5-12-7/h2-3,5H,4H2,1H3,(H2,10,12,13,14). The molecule has 15 heavy (non-hydrogen) atoms. The number of aryl methyl sites for hydroxylation is 1. The monoisotopic (exact) mass is 222 g/mol. The molecular weight excluding hydrogens is 212 g/mol. The third-order valence-electron chi connectivity index (χ3n) is 1.77. The highest BCUT2D eigenvalue weighted by atomic mass is 32.1. The van der Waals surface area contributed by atoms with Gasteiger partial charge in [-0.1, -0.05) is 0 Å². The maximum atomic E-state index is 11.0. The molecule has 0 bridgehead atoms. The molecule has 0 unspecified atom stereocenters. The van der Waals surface area contributed by atoms with E-state index in [1.165, 1.54) is 17.3 Å². The molecule has 0 saturated heterocycles. The van der Waals surface area contributed by atoms with Crippen LogP contribution in [0.25, 0.3) is 0 Å². The Labute approximate surface area is 90.2 Å². The molecule has 2 aromatic heterocycles. The number of rotatable bonds is 3. The maximum absolute atomic E-state index is 11.0. The maximum Gasteiger partial charge on any atom is 0.252 e. The van der Waals surface area contributed by atoms with Gasteiger partial charge in [0, 0.05) is 17.1 Å². The van der Waals surface area contributed by atoms with Crippen LogP contribution in [-0.2, 0) is 6.54 Å². The molecule has 0 aromatic carbocycles. The fraction of sp³-hybridized carbons (Fsp3) is 0.222. The minimum atomic E-state index is -0.164. The van der Waals surface area contributed by atoms with Gasteiger partial charge >= 0.3 is 0 Å². The van der Waals surface area contributed by atoms with Crippen LogP contribution in [0, 0.1) is 6.92 Å². The average molecular weight is 222 g/mol. The molecule has 0 atom stereocenters. The summed E-state index contributed by atoms with van der Waals surface area (Å²) in [7, 11) is 0. The van der Waals surface area contributed by atoms with Gasteiger partial charge in [-0.05, 0) is 6.92 Å². The van der Waals surface area contributed by atoms with Gasteiger partial charge in [0.05, 0.1) is 12.9 Å². The molecule has 2 rings (SSSR count). The second kappa shape index (κ2) is 4.22. The molecule has 2 heterocycles. The first kappa shape index (κ1) is 9.85. The first-order chi connectivity index (χ1) is 7.24. The highest BCUT2D eigenvalue weighted by Crippen LogP contribution is 2.12. The van der Waals surface area contributed by atoms with Crippen LogP contribution in [0.3, 0.4) is 0 Å². The zero-order valence-corrected chi connectivity index (χ0v) is 8.97. The molecule has 0 amide bonds. The van der Waals surface area contributed by atoms with Crippen molar-refractivity contribution < 1.29 is 0 Å². The molecule has 0 aliphatic heterocycles. The van der Waals surface area contributed by atoms with Gasteiger partial charge < -0.3 is 10.3 Å². The van der Waals surface area contributed by atoms with E-state index < -0.39 is 0 Å². The van der Waals surface area contributed by atoms with Gasteiger partial charge in [-0.3, -0.25) is 4.79 Å². The Balaban J connectivity index is 2.02. The normalized spacial score (nSPS) is 10.2. The number of thiazole rings is 1. The summed E-state index contributed by atoms with van der Waals surface area (Å²) in [6, 6.07) is 1.42. The minimum absolute atomic E-state index is 0.164. The summed E-state index contributed by atoms with van der Waals surface area (Å²) in [4.78, 5) is 22.8. The molecule has 0 saturated carbocycles. The Morgan fingerprint density at radius 3 is 3.07 bits per heavy atom. The van der Waals surface area contributed by atoms with E-state index >= 15 is 0 Å². The summed E-state index contributed by atoms with van der Waals surface area (Å²) in [6.07, 6.45) is 3.20. The molecular formula is C9H10N4OS. The SMILES string of the molecule is Cc1cnc(CNc2cc(=O)[nH]cn2)s1. The fourth-order valence-corrected chi connectivity index (χ4v) is 1.84. The lowest BCUT2D eigenvalue weighted by molar-refractivity contribution is 1.04. The van der Waals surface area contributed by atoms with E-state index in [4.69, 9.17) is 0 Å². The zero-order chi connectivity index (χ0) is 10.7. The molecule has 0 radical (unpaired) electrons. The van der Waals surface area contributed by atoms with Crippen molar-refractivity contribution in [2.45, 2.75) is 13.5 Å². The van der Waals surface area contributed by atoms with Crippen LogP contribution in [-0.4, -0.2) is 15.0 Å². The van der Waals surface area contributed by atoms with E-state index in [0.29, 0.717) is 12.4 Å². The van der Waals surface area contributed by atoms with Gasteiger partial charge in [0.2, 0.25) is 0 Å². The lowest BCUT2D eigenvalue weighted by Crippen LogP contribution is -2.08. The van der Waals surface area contributed by atoms with Crippen molar-refractivity contribution in [3.63, 3.8) is 0 Å². The van der Waals surface area contributed by atoms with Gasteiger partial charge in [-0.2, -0.15) is 0 Å². The third-order valence-corrected chi connectivity index (χ3v) is 2.68. The van der Waals surface area contributed by atoms with E-state index in [1.807, 2.05) is 13.1 Å². The summed E-state index contributed by atoms with van der Waals surface area (Å²) in [5, 5.41) is 4.01. The Kier molecular flexibility index (Phi) is 2.77. The van der Waals surface area contributed by atoms with E-state index in [-0.39, 0.29) is 5.56 Å². The third kappa shape index (κ3) is 2.63. The van der Waals surface area contributed by atoms with Gasteiger partial charge in [-0.15, -0.1) is 11.3 Å². The highest BCUT2D eigenvalue weighted by molar-refractivity contribution is 7.11. The lowest BCUT2D eigenvalue weighted by Gasteiger charge is -2.00. The van der Waals surface area contributed by atoms with Crippen LogP contribution in [0.5, 0.6) is 0 Å². The number of anilines is 1. The van der Waals surface area contributed by atoms with Crippen molar-refractivity contribution in [3.05, 3.63) is 38.8 Å². The predicted molar refractivity (Wildman–Crippen MR) is 59.0 cm³/mol. The van der Waals surface area contributed by atoms with E-state index in [0.717, 1.165) is 5.01 Å². The Hall–Kier alpha value is -1.69. The van der Waals surface area contributed by atoms with Gasteiger partial charge in [0.15, 0.2) is 0 Å². The average Bonchev–Trinajstić information content (AvgIpc) is 2.62. The van der Waals surface area contributed by atoms with Crippen LogP contribution >= 0.6 is 11.3 Å². The van der Waals surface area contributed by atoms with Crippen molar-refractivity contribution in [3.8, 4) is 0 Å². The summed E-state index contributed by atoms with van der Waals surface area (Å²) in [5.41, 5.74) is -0.164. The number of H-pyrrole nitrogens is 1. The largest absolute Gasteiger partial charge is 0.363 e. The highest BCUT2D eigenvalue weighted by Gasteiger charge is 1.99. The van der Waals surface area contributed by atoms with Crippen LogP contribution in [0.4, 0.5) is 5.82 Å². The van der Waals surface area contributed by atoms with Crippen LogP contribution in [0.15, 0.2) is 23.4 Å². The second-order valence-electron chi connectivity index (χ2n) is 3.01. The summed E-state index contributed by atoms with van der Waals surface area (Å²) < 4.78 is 0. The van der Waals surface area contributed by atoms with Crippen molar-refractivity contribution in [1.82, 2.24) is 15.0 Å². The molecule has 0 fully saturated rings. The first-order valence-electron chi connectivity index (χ1n) is 4.44. The number of nitrogens with one attached hydrogen (secondary N) is 2. The van der Waals surface area contributed by atoms with Crippen molar-refractivity contribution >= 4 is 17.2 Å². The Bertz CT molecular complexity index is 505. The zero-order valence-electron chi connectivity index (χ0n) is 8.15. The first-order valence-corrected chi connectivity index (χ1v) is 5.25. The number of aromatic nitrogens is 3. The van der Waals surface area contributed by atoms with Crippen molar-refractivity contribution in [2.24, 2.45) is 0 Å². The number of nitrogens with zero attached hydrogens (tertiary/aromatic N) is 2. The quantitative estimate of drug-likeness (QED) is 0.817. The molecule has 6 heteroatoms. The fourth-order valence-electron chi connectivity index (χ4n) is 1.11. The second-order valence-corrected chi connectivity index (χ2v) is 4.33. The minimum Gasteiger partial charge on any atom is -0.363 e. The van der Waals surface area contributed by atoms with E-state index in [1.54, 1.807) is 11.3 Å². The summed E-state index contributed by atoms with van der Waals surface area (Å²) in [6.45, 7) is 2.60. The topological polar surface area (TPSA) is 70.7 Å². The van der Waals surface area contributed by atoms with Gasteiger partial charge in [0.25, 0.3) is 5.56 Å². The van der Waals surface area contributed by atoms with Crippen LogP contribution in [0.2, 0.25) is 0 Å². The number of hydrogen-bond donors (Lipinski definition) is 2. The van der Waals surface area contributed by atoms with E-state index in [9.17, 15) is 4.79 Å². The molecule has 0 aliphatic carbocycles. The van der Waals surface area contributed by atoms with Crippen LogP contribution < -0.4 is 10.9 Å². The Morgan fingerprint density at radius 1 is 1.53 bits per heavy atom. The molecule has 2 N–H and O–H groups in total. The molecule has 2 aromatic rings. The smallest absolute Gasteiger partial charge is 0.252 e. The number of hydrogen-bond acceptors (Lipinski definition) is 5. The molecule has 5 nitrogen and oxygen atoms in total. The van der Waals surface area contributed by atoms with Crippen molar-refractivity contribution in [1.29, 1.82) is 0 Å². The predicted octanol–water partition coefficient (Wildman–Crippen LogP) is 1.15. The van der Waals surface area contributed by atoms with Crippen LogP contribution in [0.1, 0.15) is 9.88 Å².